The molecule has 0 aromatic heterocycles. The third kappa shape index (κ3) is 5.07. The zero-order valence-corrected chi connectivity index (χ0v) is 18.7. The van der Waals surface area contributed by atoms with Gasteiger partial charge in [0.15, 0.2) is 0 Å². The van der Waals surface area contributed by atoms with E-state index in [9.17, 15) is 9.59 Å². The van der Waals surface area contributed by atoms with Crippen molar-refractivity contribution >= 4 is 17.6 Å². The predicted octanol–water partition coefficient (Wildman–Crippen LogP) is 4.65. The number of aryl methyl sites for hydroxylation is 1. The monoisotopic (exact) mass is 425 g/mol. The molecule has 0 aliphatic carbocycles. The summed E-state index contributed by atoms with van der Waals surface area (Å²) in [7, 11) is 1.33. The van der Waals surface area contributed by atoms with Gasteiger partial charge in [-0.3, -0.25) is 4.79 Å². The number of benzene rings is 2. The molecule has 1 amide bonds. The number of carbonyl (C=O) groups excluding carboxylic acids is 2. The van der Waals surface area contributed by atoms with Gasteiger partial charge in [-0.1, -0.05) is 36.8 Å². The lowest BCUT2D eigenvalue weighted by Crippen LogP contribution is -2.44. The lowest BCUT2D eigenvalue weighted by molar-refractivity contribution is -0.125. The maximum Gasteiger partial charge on any atom is 0.341 e. The first kappa shape index (κ1) is 22.8. The molecule has 6 nitrogen and oxygen atoms in total. The van der Waals surface area contributed by atoms with E-state index in [1.807, 2.05) is 45.0 Å². The van der Waals surface area contributed by atoms with E-state index in [1.165, 1.54) is 7.11 Å². The summed E-state index contributed by atoms with van der Waals surface area (Å²) in [6.07, 6.45) is 1.96. The molecule has 0 spiro atoms. The van der Waals surface area contributed by atoms with Gasteiger partial charge in [0.05, 0.1) is 18.6 Å². The van der Waals surface area contributed by atoms with Crippen LogP contribution in [0.15, 0.2) is 42.5 Å². The molecule has 1 aliphatic rings. The minimum absolute atomic E-state index is 0.0455. The summed E-state index contributed by atoms with van der Waals surface area (Å²) in [5.74, 6) is -0.168. The highest BCUT2D eigenvalue weighted by atomic mass is 16.5. The van der Waals surface area contributed by atoms with E-state index in [-0.39, 0.29) is 17.6 Å². The van der Waals surface area contributed by atoms with Gasteiger partial charge in [-0.2, -0.15) is 0 Å². The van der Waals surface area contributed by atoms with Crippen molar-refractivity contribution < 1.29 is 23.8 Å². The maximum atomic E-state index is 13.5. The van der Waals surface area contributed by atoms with Gasteiger partial charge in [-0.15, -0.1) is 0 Å². The Kier molecular flexibility index (Phi) is 7.33. The van der Waals surface area contributed by atoms with Crippen LogP contribution in [0.25, 0.3) is 0 Å². The second-order valence-corrected chi connectivity index (χ2v) is 8.05. The van der Waals surface area contributed by atoms with Gasteiger partial charge in [0.1, 0.15) is 11.3 Å². The van der Waals surface area contributed by atoms with Gasteiger partial charge in [0.2, 0.25) is 5.91 Å². The number of hydrogen-bond donors (Lipinski definition) is 1. The summed E-state index contributed by atoms with van der Waals surface area (Å²) < 4.78 is 16.3. The highest BCUT2D eigenvalue weighted by molar-refractivity contribution is 6.01. The fourth-order valence-corrected chi connectivity index (χ4v) is 3.77. The van der Waals surface area contributed by atoms with Crippen LogP contribution < -0.4 is 10.1 Å². The first-order valence-corrected chi connectivity index (χ1v) is 10.7. The molecule has 1 saturated heterocycles. The van der Waals surface area contributed by atoms with Gasteiger partial charge >= 0.3 is 5.97 Å². The molecule has 0 saturated carbocycles. The van der Waals surface area contributed by atoms with Gasteiger partial charge in [-0.25, -0.2) is 4.79 Å². The van der Waals surface area contributed by atoms with E-state index in [1.54, 1.807) is 18.2 Å². The van der Waals surface area contributed by atoms with Crippen LogP contribution in [-0.4, -0.2) is 38.3 Å². The second-order valence-electron chi connectivity index (χ2n) is 8.05. The quantitative estimate of drug-likeness (QED) is 0.654. The number of anilines is 1. The molecule has 2 aromatic carbocycles. The van der Waals surface area contributed by atoms with Gasteiger partial charge in [0.25, 0.3) is 0 Å². The first-order valence-electron chi connectivity index (χ1n) is 10.7. The van der Waals surface area contributed by atoms with Crippen molar-refractivity contribution in [3.8, 4) is 5.75 Å². The number of amides is 1. The normalized spacial score (nSPS) is 16.3. The molecular weight excluding hydrogens is 394 g/mol. The van der Waals surface area contributed by atoms with Crippen molar-refractivity contribution in [2.45, 2.75) is 51.6 Å². The number of rotatable bonds is 7. The van der Waals surface area contributed by atoms with Gasteiger partial charge in [0, 0.05) is 18.9 Å². The molecule has 1 atom stereocenters. The number of carbonyl (C=O) groups is 2. The maximum absolute atomic E-state index is 13.5. The van der Waals surface area contributed by atoms with Crippen molar-refractivity contribution in [3.05, 3.63) is 59.2 Å². The SMILES string of the molecule is CCC(C)Oc1ccc(NC(=O)C2(c3ccc(C)cc3)CCOCC2)cc1C(=O)OC. The van der Waals surface area contributed by atoms with Crippen LogP contribution in [0, 0.1) is 6.92 Å². The van der Waals surface area contributed by atoms with E-state index in [0.717, 1.165) is 17.5 Å². The van der Waals surface area contributed by atoms with Gasteiger partial charge in [-0.05, 0) is 56.9 Å². The molecule has 2 aromatic rings. The molecule has 1 fully saturated rings. The van der Waals surface area contributed by atoms with Crippen LogP contribution in [0.4, 0.5) is 5.69 Å². The zero-order chi connectivity index (χ0) is 22.4. The Bertz CT molecular complexity index is 916. The molecule has 3 rings (SSSR count). The zero-order valence-electron chi connectivity index (χ0n) is 18.7. The molecule has 1 unspecified atom stereocenters. The van der Waals surface area contributed by atoms with E-state index in [0.29, 0.717) is 37.5 Å². The third-order valence-corrected chi connectivity index (χ3v) is 5.93. The molecule has 1 aliphatic heterocycles. The van der Waals surface area contributed by atoms with Crippen LogP contribution in [0.3, 0.4) is 0 Å². The predicted molar refractivity (Wildman–Crippen MR) is 120 cm³/mol. The molecule has 0 radical (unpaired) electrons. The molecule has 1 heterocycles. The number of ether oxygens (including phenoxy) is 3. The Balaban J connectivity index is 1.91. The van der Waals surface area contributed by atoms with Crippen molar-refractivity contribution in [1.29, 1.82) is 0 Å². The van der Waals surface area contributed by atoms with Crippen molar-refractivity contribution in [2.75, 3.05) is 25.6 Å². The Morgan fingerprint density at radius 3 is 2.42 bits per heavy atom. The average Bonchev–Trinajstić information content (AvgIpc) is 2.80. The Morgan fingerprint density at radius 1 is 1.13 bits per heavy atom. The first-order chi connectivity index (χ1) is 14.9. The minimum Gasteiger partial charge on any atom is -0.490 e. The van der Waals surface area contributed by atoms with Crippen LogP contribution >= 0.6 is 0 Å². The number of esters is 1. The topological polar surface area (TPSA) is 73.9 Å². The van der Waals surface area contributed by atoms with E-state index in [2.05, 4.69) is 5.32 Å². The largest absolute Gasteiger partial charge is 0.490 e. The van der Waals surface area contributed by atoms with Crippen LogP contribution in [0.1, 0.15) is 54.6 Å². The highest BCUT2D eigenvalue weighted by Gasteiger charge is 2.41. The summed E-state index contributed by atoms with van der Waals surface area (Å²) >= 11 is 0. The van der Waals surface area contributed by atoms with Crippen molar-refractivity contribution in [1.82, 2.24) is 0 Å². The van der Waals surface area contributed by atoms with Crippen LogP contribution in [-0.2, 0) is 19.7 Å². The van der Waals surface area contributed by atoms with Crippen molar-refractivity contribution in [2.24, 2.45) is 0 Å². The Labute approximate surface area is 183 Å². The smallest absolute Gasteiger partial charge is 0.341 e. The van der Waals surface area contributed by atoms with Crippen LogP contribution in [0.5, 0.6) is 5.75 Å². The van der Waals surface area contributed by atoms with E-state index < -0.39 is 11.4 Å². The molecule has 31 heavy (non-hydrogen) atoms. The summed E-state index contributed by atoms with van der Waals surface area (Å²) in [6.45, 7) is 7.02. The minimum atomic E-state index is -0.677. The van der Waals surface area contributed by atoms with Crippen LogP contribution in [0.2, 0.25) is 0 Å². The Morgan fingerprint density at radius 2 is 1.81 bits per heavy atom. The number of nitrogens with one attached hydrogen (secondary N) is 1. The summed E-state index contributed by atoms with van der Waals surface area (Å²) in [5.41, 5.74) is 2.26. The number of hydrogen-bond acceptors (Lipinski definition) is 5. The standard InChI is InChI=1S/C25H31NO5/c1-5-18(3)31-22-11-10-20(16-21(22)23(27)29-4)26-24(28)25(12-14-30-15-13-25)19-8-6-17(2)7-9-19/h6-11,16,18H,5,12-15H2,1-4H3,(H,26,28). The Hall–Kier alpha value is -2.86. The summed E-state index contributed by atoms with van der Waals surface area (Å²) in [6, 6.07) is 13.2. The lowest BCUT2D eigenvalue weighted by Gasteiger charge is -2.36. The molecule has 6 heteroatoms. The fourth-order valence-electron chi connectivity index (χ4n) is 3.77. The molecule has 1 N–H and O–H groups in total. The van der Waals surface area contributed by atoms with E-state index >= 15 is 0 Å². The highest BCUT2D eigenvalue weighted by Crippen LogP contribution is 2.37. The number of methoxy groups -OCH3 is 1. The summed E-state index contributed by atoms with van der Waals surface area (Å²) in [4.78, 5) is 25.8. The van der Waals surface area contributed by atoms with Crippen molar-refractivity contribution in [3.63, 3.8) is 0 Å². The molecule has 0 bridgehead atoms. The second kappa shape index (κ2) is 9.96. The average molecular weight is 426 g/mol. The molecular formula is C25H31NO5. The lowest BCUT2D eigenvalue weighted by atomic mass is 9.73. The molecule has 166 valence electrons. The van der Waals surface area contributed by atoms with E-state index in [4.69, 9.17) is 14.2 Å². The van der Waals surface area contributed by atoms with Gasteiger partial charge < -0.3 is 19.5 Å². The third-order valence-electron chi connectivity index (χ3n) is 5.93. The summed E-state index contributed by atoms with van der Waals surface area (Å²) in [5, 5.41) is 3.02. The fraction of sp³-hybridized carbons (Fsp3) is 0.440.